The van der Waals surface area contributed by atoms with Gasteiger partial charge in [-0.25, -0.2) is 13.1 Å². The molecule has 96 valence electrons. The Labute approximate surface area is 90.7 Å². The highest BCUT2D eigenvalue weighted by molar-refractivity contribution is 7.90. The number of hydrogen-bond donors (Lipinski definition) is 2. The number of carboxylic acids is 1. The van der Waals surface area contributed by atoms with Crippen LogP contribution in [0.1, 0.15) is 13.8 Å². The van der Waals surface area contributed by atoms with Gasteiger partial charge in [0.15, 0.2) is 0 Å². The first-order chi connectivity index (χ1) is 6.99. The first-order valence-corrected chi connectivity index (χ1v) is 5.76. The van der Waals surface area contributed by atoms with Crippen LogP contribution in [-0.2, 0) is 14.8 Å². The fourth-order valence-electron chi connectivity index (χ4n) is 0.889. The van der Waals surface area contributed by atoms with Crippen molar-refractivity contribution in [1.82, 2.24) is 4.72 Å². The van der Waals surface area contributed by atoms with E-state index in [-0.39, 0.29) is 0 Å². The van der Waals surface area contributed by atoms with Crippen molar-refractivity contribution in [3.8, 4) is 0 Å². The normalized spacial score (nSPS) is 15.1. The Balaban J connectivity index is 4.62. The fraction of sp³-hybridized carbons (Fsp3) is 0.857. The van der Waals surface area contributed by atoms with E-state index in [1.165, 1.54) is 18.6 Å². The number of carbonyl (C=O) groups is 1. The van der Waals surface area contributed by atoms with E-state index in [0.29, 0.717) is 0 Å². The molecule has 5 nitrogen and oxygen atoms in total. The summed E-state index contributed by atoms with van der Waals surface area (Å²) in [5, 5.41) is 8.63. The third-order valence-corrected chi connectivity index (χ3v) is 3.08. The van der Waals surface area contributed by atoms with Crippen molar-refractivity contribution >= 4 is 16.0 Å². The molecule has 0 heterocycles. The van der Waals surface area contributed by atoms with Crippen molar-refractivity contribution in [3.63, 3.8) is 0 Å². The van der Waals surface area contributed by atoms with Crippen molar-refractivity contribution in [2.45, 2.75) is 19.4 Å². The zero-order valence-corrected chi connectivity index (χ0v) is 9.39. The summed E-state index contributed by atoms with van der Waals surface area (Å²) in [7, 11) is -5.47. The zero-order valence-electron chi connectivity index (χ0n) is 8.58. The van der Waals surface area contributed by atoms with E-state index in [1.54, 1.807) is 0 Å². The van der Waals surface area contributed by atoms with Crippen LogP contribution in [0, 0.1) is 11.8 Å². The van der Waals surface area contributed by atoms with E-state index in [1.807, 2.05) is 0 Å². The van der Waals surface area contributed by atoms with Crippen LogP contribution in [0.15, 0.2) is 0 Å². The van der Waals surface area contributed by atoms with E-state index in [2.05, 4.69) is 0 Å². The van der Waals surface area contributed by atoms with Gasteiger partial charge in [0.05, 0.1) is 5.92 Å². The van der Waals surface area contributed by atoms with Crippen LogP contribution in [0.2, 0.25) is 0 Å². The van der Waals surface area contributed by atoms with Crippen LogP contribution < -0.4 is 4.72 Å². The van der Waals surface area contributed by atoms with Crippen molar-refractivity contribution in [2.75, 3.05) is 6.54 Å². The predicted molar refractivity (Wildman–Crippen MR) is 48.9 cm³/mol. The minimum atomic E-state index is -5.47. The molecule has 1 unspecified atom stereocenters. The lowest BCUT2D eigenvalue weighted by Gasteiger charge is -2.17. The quantitative estimate of drug-likeness (QED) is 0.767. The Morgan fingerprint density at radius 2 is 1.81 bits per heavy atom. The molecule has 16 heavy (non-hydrogen) atoms. The first-order valence-electron chi connectivity index (χ1n) is 4.27. The van der Waals surface area contributed by atoms with Crippen molar-refractivity contribution < 1.29 is 31.5 Å². The molecule has 0 fully saturated rings. The van der Waals surface area contributed by atoms with E-state index in [0.717, 1.165) is 0 Å². The minimum absolute atomic E-state index is 0.478. The number of rotatable bonds is 5. The molecule has 0 aromatic carbocycles. The van der Waals surface area contributed by atoms with Crippen molar-refractivity contribution in [3.05, 3.63) is 0 Å². The molecule has 1 atom stereocenters. The third-order valence-electron chi connectivity index (χ3n) is 1.92. The molecule has 0 radical (unpaired) electrons. The van der Waals surface area contributed by atoms with Gasteiger partial charge in [0, 0.05) is 6.54 Å². The van der Waals surface area contributed by atoms with Gasteiger partial charge < -0.3 is 5.11 Å². The summed E-state index contributed by atoms with van der Waals surface area (Å²) in [5.74, 6) is -3.02. The number of halogens is 3. The summed E-state index contributed by atoms with van der Waals surface area (Å²) < 4.78 is 58.0. The first kappa shape index (κ1) is 15.2. The molecule has 0 aromatic rings. The van der Waals surface area contributed by atoms with Crippen molar-refractivity contribution in [2.24, 2.45) is 11.8 Å². The van der Waals surface area contributed by atoms with Crippen molar-refractivity contribution in [1.29, 1.82) is 0 Å². The Hall–Kier alpha value is -0.830. The highest BCUT2D eigenvalue weighted by atomic mass is 32.2. The fourth-order valence-corrected chi connectivity index (χ4v) is 1.45. The van der Waals surface area contributed by atoms with Gasteiger partial charge in [0.1, 0.15) is 0 Å². The van der Waals surface area contributed by atoms with Crippen LogP contribution in [0.4, 0.5) is 13.2 Å². The van der Waals surface area contributed by atoms with Crippen LogP contribution in [-0.4, -0.2) is 31.5 Å². The molecule has 0 spiro atoms. The van der Waals surface area contributed by atoms with E-state index in [9.17, 15) is 26.4 Å². The van der Waals surface area contributed by atoms with E-state index >= 15 is 0 Å². The molecular weight excluding hydrogens is 251 g/mol. The predicted octanol–water partition coefficient (Wildman–Crippen LogP) is 0.782. The molecule has 0 aliphatic rings. The minimum Gasteiger partial charge on any atom is -0.481 e. The van der Waals surface area contributed by atoms with Gasteiger partial charge in [-0.2, -0.15) is 13.2 Å². The maximum Gasteiger partial charge on any atom is 0.511 e. The van der Waals surface area contributed by atoms with Crippen LogP contribution >= 0.6 is 0 Å². The number of hydrogen-bond acceptors (Lipinski definition) is 3. The molecule has 0 rings (SSSR count). The Morgan fingerprint density at radius 3 is 2.06 bits per heavy atom. The zero-order chi connectivity index (χ0) is 13.1. The molecule has 0 aliphatic heterocycles. The lowest BCUT2D eigenvalue weighted by Crippen LogP contribution is -2.41. The third kappa shape index (κ3) is 3.97. The summed E-state index contributed by atoms with van der Waals surface area (Å²) >= 11 is 0. The molecule has 0 bridgehead atoms. The summed E-state index contributed by atoms with van der Waals surface area (Å²) in [4.78, 5) is 10.6. The number of aliphatic carboxylic acids is 1. The highest BCUT2D eigenvalue weighted by Crippen LogP contribution is 2.22. The summed E-state index contributed by atoms with van der Waals surface area (Å²) in [6, 6.07) is 0. The molecule has 2 N–H and O–H groups in total. The second-order valence-electron chi connectivity index (χ2n) is 3.49. The largest absolute Gasteiger partial charge is 0.511 e. The van der Waals surface area contributed by atoms with Gasteiger partial charge in [-0.1, -0.05) is 13.8 Å². The molecule has 9 heteroatoms. The number of sulfonamides is 1. The average molecular weight is 263 g/mol. The van der Waals surface area contributed by atoms with Gasteiger partial charge in [-0.15, -0.1) is 0 Å². The molecule has 0 aliphatic carbocycles. The Kier molecular flexibility index (Phi) is 4.74. The Morgan fingerprint density at radius 1 is 1.38 bits per heavy atom. The second kappa shape index (κ2) is 5.00. The van der Waals surface area contributed by atoms with Gasteiger partial charge in [0.25, 0.3) is 0 Å². The molecular formula is C7H12F3NO4S. The standard InChI is InChI=1S/C7H12F3NO4S/c1-4(2)5(6(12)13)3-11-16(14,15)7(8,9)10/h4-5,11H,3H2,1-2H3,(H,12,13). The monoisotopic (exact) mass is 263 g/mol. The summed E-state index contributed by atoms with van der Waals surface area (Å²) in [6.45, 7) is 2.16. The highest BCUT2D eigenvalue weighted by Gasteiger charge is 2.46. The number of carboxylic acid groups (broad SMARTS) is 1. The number of nitrogens with one attached hydrogen (secondary N) is 1. The maximum atomic E-state index is 11.9. The van der Waals surface area contributed by atoms with E-state index < -0.39 is 39.9 Å². The topological polar surface area (TPSA) is 83.5 Å². The van der Waals surface area contributed by atoms with Gasteiger partial charge in [0.2, 0.25) is 0 Å². The van der Waals surface area contributed by atoms with Crippen LogP contribution in [0.3, 0.4) is 0 Å². The summed E-state index contributed by atoms with van der Waals surface area (Å²) in [5.41, 5.74) is -5.42. The molecule has 0 saturated carbocycles. The summed E-state index contributed by atoms with van der Waals surface area (Å²) in [6.07, 6.45) is 0. The molecule has 0 saturated heterocycles. The average Bonchev–Trinajstić information content (AvgIpc) is 1.99. The molecule has 0 amide bonds. The van der Waals surface area contributed by atoms with Gasteiger partial charge in [-0.3, -0.25) is 4.79 Å². The number of alkyl halides is 3. The Bertz CT molecular complexity index is 349. The smallest absolute Gasteiger partial charge is 0.481 e. The van der Waals surface area contributed by atoms with Crippen LogP contribution in [0.25, 0.3) is 0 Å². The SMILES string of the molecule is CC(C)C(CNS(=O)(=O)C(F)(F)F)C(=O)O. The maximum absolute atomic E-state index is 11.9. The van der Waals surface area contributed by atoms with Crippen LogP contribution in [0.5, 0.6) is 0 Å². The lowest BCUT2D eigenvalue weighted by atomic mass is 9.97. The van der Waals surface area contributed by atoms with E-state index in [4.69, 9.17) is 5.11 Å². The van der Waals surface area contributed by atoms with Gasteiger partial charge in [-0.05, 0) is 5.92 Å². The lowest BCUT2D eigenvalue weighted by molar-refractivity contribution is -0.142. The second-order valence-corrected chi connectivity index (χ2v) is 5.24. The molecule has 0 aromatic heterocycles. The van der Waals surface area contributed by atoms with Gasteiger partial charge >= 0.3 is 21.5 Å².